The SMILES string of the molecule is O=C(O)CN1CCC2(CC1)CC(COc1ccc(Br)c(C(F)(F)F)c1)C2. The van der Waals surface area contributed by atoms with Crippen molar-refractivity contribution in [3.8, 4) is 5.75 Å². The number of benzene rings is 1. The van der Waals surface area contributed by atoms with Crippen molar-refractivity contribution in [2.75, 3.05) is 26.2 Å². The molecule has 1 aliphatic carbocycles. The fourth-order valence-electron chi connectivity index (χ4n) is 4.09. The van der Waals surface area contributed by atoms with E-state index in [-0.39, 0.29) is 22.2 Å². The Morgan fingerprint density at radius 3 is 2.54 bits per heavy atom. The van der Waals surface area contributed by atoms with Crippen LogP contribution in [-0.2, 0) is 11.0 Å². The molecule has 1 aromatic carbocycles. The molecular formula is C18H21BrF3NO3. The molecule has 1 aromatic rings. The molecule has 3 rings (SSSR count). The van der Waals surface area contributed by atoms with Gasteiger partial charge in [-0.25, -0.2) is 0 Å². The summed E-state index contributed by atoms with van der Waals surface area (Å²) in [6.45, 7) is 2.09. The first-order valence-electron chi connectivity index (χ1n) is 8.61. The number of piperidine rings is 1. The lowest BCUT2D eigenvalue weighted by molar-refractivity contribution is -0.140. The van der Waals surface area contributed by atoms with Crippen LogP contribution in [0.5, 0.6) is 5.75 Å². The normalized spacial score (nSPS) is 20.8. The van der Waals surface area contributed by atoms with E-state index in [1.54, 1.807) is 0 Å². The Bertz CT molecular complexity index is 664. The molecule has 1 aliphatic heterocycles. The summed E-state index contributed by atoms with van der Waals surface area (Å²) in [6, 6.07) is 3.93. The van der Waals surface area contributed by atoms with Crippen LogP contribution in [-0.4, -0.2) is 42.2 Å². The predicted octanol–water partition coefficient (Wildman–Crippen LogP) is 4.42. The van der Waals surface area contributed by atoms with Crippen LogP contribution < -0.4 is 4.74 Å². The maximum Gasteiger partial charge on any atom is 0.417 e. The van der Waals surface area contributed by atoms with Crippen LogP contribution in [0.25, 0.3) is 0 Å². The van der Waals surface area contributed by atoms with E-state index in [0.29, 0.717) is 12.5 Å². The van der Waals surface area contributed by atoms with Gasteiger partial charge in [0.1, 0.15) is 5.75 Å². The number of ether oxygens (including phenoxy) is 1. The molecule has 0 bridgehead atoms. The minimum atomic E-state index is -4.41. The molecule has 0 unspecified atom stereocenters. The number of aliphatic carboxylic acids is 1. The zero-order valence-corrected chi connectivity index (χ0v) is 15.8. The van der Waals surface area contributed by atoms with Gasteiger partial charge in [0, 0.05) is 4.47 Å². The molecule has 1 saturated heterocycles. The fraction of sp³-hybridized carbons (Fsp3) is 0.611. The zero-order chi connectivity index (χ0) is 18.9. The van der Waals surface area contributed by atoms with Gasteiger partial charge >= 0.3 is 12.1 Å². The van der Waals surface area contributed by atoms with Crippen LogP contribution in [0.1, 0.15) is 31.2 Å². The van der Waals surface area contributed by atoms with Gasteiger partial charge in [-0.15, -0.1) is 0 Å². The molecule has 0 amide bonds. The van der Waals surface area contributed by atoms with Gasteiger partial charge in [0.2, 0.25) is 0 Å². The van der Waals surface area contributed by atoms with E-state index in [2.05, 4.69) is 15.9 Å². The number of hydrogen-bond acceptors (Lipinski definition) is 3. The molecule has 1 spiro atoms. The van der Waals surface area contributed by atoms with Gasteiger partial charge in [0.25, 0.3) is 0 Å². The highest BCUT2D eigenvalue weighted by Gasteiger charge is 2.46. The lowest BCUT2D eigenvalue weighted by atomic mass is 9.58. The zero-order valence-electron chi connectivity index (χ0n) is 14.2. The highest BCUT2D eigenvalue weighted by molar-refractivity contribution is 9.10. The second kappa shape index (κ2) is 7.38. The van der Waals surface area contributed by atoms with E-state index in [9.17, 15) is 18.0 Å². The number of rotatable bonds is 5. The quantitative estimate of drug-likeness (QED) is 0.743. The number of carboxylic acids is 1. The summed E-state index contributed by atoms with van der Waals surface area (Å²) >= 11 is 2.92. The minimum absolute atomic E-state index is 0.00747. The van der Waals surface area contributed by atoms with Crippen molar-refractivity contribution in [1.82, 2.24) is 4.90 Å². The first-order valence-corrected chi connectivity index (χ1v) is 9.40. The Kier molecular flexibility index (Phi) is 5.53. The maximum absolute atomic E-state index is 12.9. The third kappa shape index (κ3) is 4.52. The van der Waals surface area contributed by atoms with Crippen molar-refractivity contribution in [1.29, 1.82) is 0 Å². The Balaban J connectivity index is 1.47. The molecule has 2 aliphatic rings. The summed E-state index contributed by atoms with van der Waals surface area (Å²) in [5.41, 5.74) is -0.467. The number of hydrogen-bond donors (Lipinski definition) is 1. The van der Waals surface area contributed by atoms with Crippen molar-refractivity contribution < 1.29 is 27.8 Å². The molecule has 2 fully saturated rings. The molecule has 0 radical (unpaired) electrons. The van der Waals surface area contributed by atoms with Crippen LogP contribution in [0.15, 0.2) is 22.7 Å². The van der Waals surface area contributed by atoms with E-state index >= 15 is 0 Å². The Hall–Kier alpha value is -1.28. The van der Waals surface area contributed by atoms with Crippen LogP contribution in [0.4, 0.5) is 13.2 Å². The molecule has 26 heavy (non-hydrogen) atoms. The number of likely N-dealkylation sites (tertiary alicyclic amines) is 1. The monoisotopic (exact) mass is 435 g/mol. The van der Waals surface area contributed by atoms with Crippen molar-refractivity contribution in [2.45, 2.75) is 31.9 Å². The van der Waals surface area contributed by atoms with Gasteiger partial charge in [0.15, 0.2) is 0 Å². The van der Waals surface area contributed by atoms with Crippen molar-refractivity contribution in [3.05, 3.63) is 28.2 Å². The minimum Gasteiger partial charge on any atom is -0.493 e. The van der Waals surface area contributed by atoms with Crippen LogP contribution in [0.2, 0.25) is 0 Å². The molecule has 0 atom stereocenters. The first-order chi connectivity index (χ1) is 12.2. The number of alkyl halides is 3. The van der Waals surface area contributed by atoms with E-state index in [0.717, 1.165) is 44.8 Å². The van der Waals surface area contributed by atoms with E-state index < -0.39 is 17.7 Å². The van der Waals surface area contributed by atoms with Crippen LogP contribution in [0, 0.1) is 11.3 Å². The van der Waals surface area contributed by atoms with Crippen molar-refractivity contribution in [2.24, 2.45) is 11.3 Å². The summed E-state index contributed by atoms with van der Waals surface area (Å²) in [5.74, 6) is -0.217. The highest BCUT2D eigenvalue weighted by Crippen LogP contribution is 2.52. The Morgan fingerprint density at radius 1 is 1.31 bits per heavy atom. The Morgan fingerprint density at radius 2 is 1.96 bits per heavy atom. The molecule has 1 N–H and O–H groups in total. The topological polar surface area (TPSA) is 49.8 Å². The lowest BCUT2D eigenvalue weighted by Gasteiger charge is -2.52. The van der Waals surface area contributed by atoms with Crippen LogP contribution >= 0.6 is 15.9 Å². The third-order valence-corrected chi connectivity index (χ3v) is 6.14. The second-order valence-electron chi connectivity index (χ2n) is 7.39. The number of carbonyl (C=O) groups is 1. The van der Waals surface area contributed by atoms with Gasteiger partial charge in [-0.2, -0.15) is 13.2 Å². The van der Waals surface area contributed by atoms with E-state index in [1.165, 1.54) is 12.1 Å². The number of halogens is 4. The highest BCUT2D eigenvalue weighted by atomic mass is 79.9. The standard InChI is InChI=1S/C18H21BrF3NO3/c19-15-2-1-13(7-14(15)18(20,21)22)26-11-12-8-17(9-12)3-5-23(6-4-17)10-16(24)25/h1-2,7,12H,3-6,8-11H2,(H,24,25). The average molecular weight is 436 g/mol. The molecule has 4 nitrogen and oxygen atoms in total. The van der Waals surface area contributed by atoms with E-state index in [1.807, 2.05) is 4.90 Å². The molecule has 1 heterocycles. The van der Waals surface area contributed by atoms with Gasteiger partial charge < -0.3 is 9.84 Å². The lowest BCUT2D eigenvalue weighted by Crippen LogP contribution is -2.49. The number of nitrogens with zero attached hydrogens (tertiary/aromatic N) is 1. The largest absolute Gasteiger partial charge is 0.493 e. The summed E-state index contributed by atoms with van der Waals surface area (Å²) < 4.78 is 44.4. The van der Waals surface area contributed by atoms with Gasteiger partial charge in [-0.3, -0.25) is 9.69 Å². The van der Waals surface area contributed by atoms with Gasteiger partial charge in [-0.05, 0) is 68.3 Å². The van der Waals surface area contributed by atoms with Gasteiger partial charge in [0.05, 0.1) is 18.7 Å². The molecule has 0 aromatic heterocycles. The average Bonchev–Trinajstić information content (AvgIpc) is 2.52. The Labute approximate surface area is 158 Å². The van der Waals surface area contributed by atoms with Crippen molar-refractivity contribution in [3.63, 3.8) is 0 Å². The molecule has 144 valence electrons. The summed E-state index contributed by atoms with van der Waals surface area (Å²) in [4.78, 5) is 12.7. The fourth-order valence-corrected chi connectivity index (χ4v) is 4.56. The predicted molar refractivity (Wildman–Crippen MR) is 93.1 cm³/mol. The maximum atomic E-state index is 12.9. The first kappa shape index (κ1) is 19.5. The molecule has 1 saturated carbocycles. The third-order valence-electron chi connectivity index (χ3n) is 5.45. The second-order valence-corrected chi connectivity index (χ2v) is 8.25. The van der Waals surface area contributed by atoms with Gasteiger partial charge in [-0.1, -0.05) is 15.9 Å². The van der Waals surface area contributed by atoms with Crippen molar-refractivity contribution >= 4 is 21.9 Å². The summed E-state index contributed by atoms with van der Waals surface area (Å²) in [7, 11) is 0. The van der Waals surface area contributed by atoms with Crippen LogP contribution in [0.3, 0.4) is 0 Å². The molecular weight excluding hydrogens is 415 g/mol. The summed E-state index contributed by atoms with van der Waals surface area (Å²) in [6.07, 6.45) is -0.462. The summed E-state index contributed by atoms with van der Waals surface area (Å²) in [5, 5.41) is 8.84. The smallest absolute Gasteiger partial charge is 0.417 e. The van der Waals surface area contributed by atoms with E-state index in [4.69, 9.17) is 9.84 Å². The molecule has 8 heteroatoms. The number of carboxylic acid groups (broad SMARTS) is 1.